The number of carbonyl (C=O) groups is 1. The maximum atomic E-state index is 12.4. The van der Waals surface area contributed by atoms with Gasteiger partial charge in [-0.3, -0.25) is 4.90 Å². The molecule has 0 aromatic heterocycles. The summed E-state index contributed by atoms with van der Waals surface area (Å²) in [5.74, 6) is 1.08. The Balaban J connectivity index is 1.95. The van der Waals surface area contributed by atoms with Gasteiger partial charge in [0, 0.05) is 12.6 Å². The van der Waals surface area contributed by atoms with E-state index in [1.54, 1.807) is 26.4 Å². The van der Waals surface area contributed by atoms with Crippen LogP contribution in [0.3, 0.4) is 0 Å². The van der Waals surface area contributed by atoms with E-state index in [9.17, 15) is 18.0 Å². The van der Waals surface area contributed by atoms with Gasteiger partial charge in [-0.05, 0) is 42.7 Å². The highest BCUT2D eigenvalue weighted by molar-refractivity contribution is 5.58. The van der Waals surface area contributed by atoms with Crippen molar-refractivity contribution in [3.8, 4) is 17.2 Å². The van der Waals surface area contributed by atoms with Gasteiger partial charge in [-0.2, -0.15) is 0 Å². The van der Waals surface area contributed by atoms with E-state index in [1.165, 1.54) is 12.1 Å². The van der Waals surface area contributed by atoms with Gasteiger partial charge in [0.05, 0.1) is 25.8 Å². The molecule has 0 aliphatic carbocycles. The third-order valence-electron chi connectivity index (χ3n) is 5.53. The second kappa shape index (κ2) is 10.0. The molecule has 0 N–H and O–H groups in total. The Morgan fingerprint density at radius 3 is 2.16 bits per heavy atom. The normalized spacial score (nSPS) is 20.0. The Labute approximate surface area is 179 Å². The van der Waals surface area contributed by atoms with E-state index in [0.717, 1.165) is 36.7 Å². The van der Waals surface area contributed by atoms with Crippen molar-refractivity contribution in [2.24, 2.45) is 0 Å². The van der Waals surface area contributed by atoms with Crippen LogP contribution in [0.15, 0.2) is 42.5 Å². The standard InChI is InChI=1S/C23H26F3NO4/c1-29-20-8-5-9-21(30-2)22(20)19-7-4-3-6-17(15-28)27(19)14-16-10-12-18(13-11-16)31-23(24,25)26/h5,8-13,15,17,19H,3-4,6-7,14H2,1-2H3. The maximum Gasteiger partial charge on any atom is 0.573 e. The first-order valence-corrected chi connectivity index (χ1v) is 10.1. The third-order valence-corrected chi connectivity index (χ3v) is 5.53. The van der Waals surface area contributed by atoms with Gasteiger partial charge in [0.1, 0.15) is 23.5 Å². The Bertz CT molecular complexity index is 848. The van der Waals surface area contributed by atoms with E-state index in [1.807, 2.05) is 18.2 Å². The van der Waals surface area contributed by atoms with Crippen LogP contribution in [0.5, 0.6) is 17.2 Å². The molecule has 2 unspecified atom stereocenters. The number of benzene rings is 2. The van der Waals surface area contributed by atoms with Crippen LogP contribution < -0.4 is 14.2 Å². The van der Waals surface area contributed by atoms with Crippen molar-refractivity contribution in [2.75, 3.05) is 14.2 Å². The summed E-state index contributed by atoms with van der Waals surface area (Å²) in [6, 6.07) is 10.8. The van der Waals surface area contributed by atoms with Crippen LogP contribution in [0.25, 0.3) is 0 Å². The summed E-state index contributed by atoms with van der Waals surface area (Å²) in [5, 5.41) is 0. The SMILES string of the molecule is COc1cccc(OC)c1C1CCCCC(C=O)N1Cc1ccc(OC(F)(F)F)cc1. The van der Waals surface area contributed by atoms with Gasteiger partial charge in [-0.15, -0.1) is 13.2 Å². The first kappa shape index (κ1) is 22.9. The second-order valence-electron chi connectivity index (χ2n) is 7.44. The van der Waals surface area contributed by atoms with E-state index < -0.39 is 6.36 Å². The number of nitrogens with zero attached hydrogens (tertiary/aromatic N) is 1. The number of hydrogen-bond acceptors (Lipinski definition) is 5. The van der Waals surface area contributed by atoms with Crippen molar-refractivity contribution in [2.45, 2.75) is 50.7 Å². The van der Waals surface area contributed by atoms with E-state index in [0.29, 0.717) is 24.5 Å². The highest BCUT2D eigenvalue weighted by atomic mass is 19.4. The fraction of sp³-hybridized carbons (Fsp3) is 0.435. The second-order valence-corrected chi connectivity index (χ2v) is 7.44. The van der Waals surface area contributed by atoms with Crippen LogP contribution in [0.2, 0.25) is 0 Å². The first-order valence-electron chi connectivity index (χ1n) is 10.1. The molecule has 5 nitrogen and oxygen atoms in total. The number of methoxy groups -OCH3 is 2. The van der Waals surface area contributed by atoms with E-state index in [-0.39, 0.29) is 17.8 Å². The molecule has 0 spiro atoms. The van der Waals surface area contributed by atoms with Gasteiger partial charge in [-0.25, -0.2) is 0 Å². The van der Waals surface area contributed by atoms with Crippen LogP contribution in [-0.4, -0.2) is 37.8 Å². The molecule has 1 saturated heterocycles. The van der Waals surface area contributed by atoms with Crippen molar-refractivity contribution in [3.05, 3.63) is 53.6 Å². The predicted octanol–water partition coefficient (Wildman–Crippen LogP) is 5.29. The van der Waals surface area contributed by atoms with Crippen molar-refractivity contribution < 1.29 is 32.2 Å². The number of halogens is 3. The Morgan fingerprint density at radius 2 is 1.61 bits per heavy atom. The smallest absolute Gasteiger partial charge is 0.496 e. The van der Waals surface area contributed by atoms with E-state index in [2.05, 4.69) is 9.64 Å². The zero-order valence-electron chi connectivity index (χ0n) is 17.5. The average Bonchev–Trinajstić information content (AvgIpc) is 2.95. The van der Waals surface area contributed by atoms with Crippen LogP contribution in [-0.2, 0) is 11.3 Å². The molecule has 0 amide bonds. The van der Waals surface area contributed by atoms with Gasteiger partial charge in [0.2, 0.25) is 0 Å². The van der Waals surface area contributed by atoms with Crippen molar-refractivity contribution in [1.82, 2.24) is 4.90 Å². The number of rotatable bonds is 7. The highest BCUT2D eigenvalue weighted by Crippen LogP contribution is 2.43. The lowest BCUT2D eigenvalue weighted by molar-refractivity contribution is -0.274. The molecule has 0 bridgehead atoms. The molecule has 1 fully saturated rings. The summed E-state index contributed by atoms with van der Waals surface area (Å²) in [6.07, 6.45) is -0.428. The number of hydrogen-bond donors (Lipinski definition) is 0. The lowest BCUT2D eigenvalue weighted by Crippen LogP contribution is -2.38. The zero-order chi connectivity index (χ0) is 22.4. The monoisotopic (exact) mass is 437 g/mol. The largest absolute Gasteiger partial charge is 0.573 e. The summed E-state index contributed by atoms with van der Waals surface area (Å²) >= 11 is 0. The molecule has 1 aliphatic rings. The summed E-state index contributed by atoms with van der Waals surface area (Å²) < 4.78 is 52.5. The number of likely N-dealkylation sites (tertiary alicyclic amines) is 1. The van der Waals surface area contributed by atoms with Gasteiger partial charge < -0.3 is 19.0 Å². The molecular formula is C23H26F3NO4. The minimum Gasteiger partial charge on any atom is -0.496 e. The summed E-state index contributed by atoms with van der Waals surface area (Å²) in [6.45, 7) is 0.390. The quantitative estimate of drug-likeness (QED) is 0.551. The molecule has 2 atom stereocenters. The minimum atomic E-state index is -4.74. The molecule has 1 aliphatic heterocycles. The predicted molar refractivity (Wildman–Crippen MR) is 109 cm³/mol. The van der Waals surface area contributed by atoms with E-state index >= 15 is 0 Å². The molecule has 3 rings (SSSR count). The first-order chi connectivity index (χ1) is 14.9. The van der Waals surface area contributed by atoms with Gasteiger partial charge >= 0.3 is 6.36 Å². The van der Waals surface area contributed by atoms with Crippen LogP contribution in [0.4, 0.5) is 13.2 Å². The molecule has 8 heteroatoms. The number of ether oxygens (including phenoxy) is 3. The fourth-order valence-electron chi connectivity index (χ4n) is 4.15. The summed E-state index contributed by atoms with van der Waals surface area (Å²) in [7, 11) is 3.19. The van der Waals surface area contributed by atoms with Crippen LogP contribution in [0.1, 0.15) is 42.9 Å². The molecule has 2 aromatic rings. The molecule has 31 heavy (non-hydrogen) atoms. The molecule has 168 valence electrons. The molecule has 0 saturated carbocycles. The maximum absolute atomic E-state index is 12.4. The lowest BCUT2D eigenvalue weighted by Gasteiger charge is -2.35. The lowest BCUT2D eigenvalue weighted by atomic mass is 9.97. The van der Waals surface area contributed by atoms with Gasteiger partial charge in [-0.1, -0.05) is 31.0 Å². The average molecular weight is 437 g/mol. The van der Waals surface area contributed by atoms with E-state index in [4.69, 9.17) is 9.47 Å². The van der Waals surface area contributed by atoms with Crippen LogP contribution in [0, 0.1) is 0 Å². The third kappa shape index (κ3) is 5.70. The molecular weight excluding hydrogens is 411 g/mol. The number of aldehydes is 1. The Hall–Kier alpha value is -2.74. The minimum absolute atomic E-state index is 0.144. The topological polar surface area (TPSA) is 48.0 Å². The number of alkyl halides is 3. The Morgan fingerprint density at radius 1 is 1.00 bits per heavy atom. The summed E-state index contributed by atoms with van der Waals surface area (Å²) in [5.41, 5.74) is 1.65. The van der Waals surface area contributed by atoms with Crippen LogP contribution >= 0.6 is 0 Å². The van der Waals surface area contributed by atoms with Crippen molar-refractivity contribution in [1.29, 1.82) is 0 Å². The zero-order valence-corrected chi connectivity index (χ0v) is 17.5. The fourth-order valence-corrected chi connectivity index (χ4v) is 4.15. The molecule has 0 radical (unpaired) electrons. The highest BCUT2D eigenvalue weighted by Gasteiger charge is 2.34. The molecule has 2 aromatic carbocycles. The number of carbonyl (C=O) groups excluding carboxylic acids is 1. The Kier molecular flexibility index (Phi) is 7.43. The van der Waals surface area contributed by atoms with Crippen molar-refractivity contribution in [3.63, 3.8) is 0 Å². The van der Waals surface area contributed by atoms with Gasteiger partial charge in [0.15, 0.2) is 0 Å². The van der Waals surface area contributed by atoms with Crippen molar-refractivity contribution >= 4 is 6.29 Å². The summed E-state index contributed by atoms with van der Waals surface area (Å²) in [4.78, 5) is 14.0. The van der Waals surface area contributed by atoms with Gasteiger partial charge in [0.25, 0.3) is 0 Å². The molecule has 1 heterocycles.